The molecular formula is C11H11ClFNO4S3. The highest BCUT2D eigenvalue weighted by Crippen LogP contribution is 2.21. The molecule has 0 bridgehead atoms. The summed E-state index contributed by atoms with van der Waals surface area (Å²) in [4.78, 5) is -1.15. The van der Waals surface area contributed by atoms with Crippen molar-refractivity contribution in [3.05, 3.63) is 24.0 Å². The van der Waals surface area contributed by atoms with Gasteiger partial charge in [0, 0.05) is 23.0 Å². The van der Waals surface area contributed by atoms with Gasteiger partial charge in [-0.2, -0.15) is 0 Å². The second-order valence-electron chi connectivity index (χ2n) is 3.68. The third-order valence-corrected chi connectivity index (χ3v) is 5.91. The van der Waals surface area contributed by atoms with Crippen LogP contribution in [0.25, 0.3) is 0 Å². The van der Waals surface area contributed by atoms with E-state index in [-0.39, 0.29) is 6.54 Å². The van der Waals surface area contributed by atoms with Crippen LogP contribution in [0, 0.1) is 18.2 Å². The SMILES string of the molecule is C#CCSCCNS(=O)(=O)c1ccc(S(=O)(=O)Cl)cc1F. The summed E-state index contributed by atoms with van der Waals surface area (Å²) < 4.78 is 61.7. The summed E-state index contributed by atoms with van der Waals surface area (Å²) in [5.74, 6) is 2.06. The smallest absolute Gasteiger partial charge is 0.210 e. The first-order chi connectivity index (χ1) is 9.68. The molecule has 0 saturated heterocycles. The molecule has 0 heterocycles. The Morgan fingerprint density at radius 3 is 2.52 bits per heavy atom. The Morgan fingerprint density at radius 2 is 2.00 bits per heavy atom. The van der Waals surface area contributed by atoms with E-state index in [9.17, 15) is 21.2 Å². The molecule has 0 aliphatic heterocycles. The fraction of sp³-hybridized carbons (Fsp3) is 0.273. The average Bonchev–Trinajstić information content (AvgIpc) is 2.37. The van der Waals surface area contributed by atoms with Crippen LogP contribution in [0.4, 0.5) is 4.39 Å². The summed E-state index contributed by atoms with van der Waals surface area (Å²) in [6, 6.07) is 2.33. The van der Waals surface area contributed by atoms with E-state index < -0.39 is 34.7 Å². The lowest BCUT2D eigenvalue weighted by Crippen LogP contribution is -2.27. The molecule has 0 unspecified atom stereocenters. The zero-order chi connectivity index (χ0) is 16.1. The molecule has 0 aliphatic carbocycles. The van der Waals surface area contributed by atoms with Gasteiger partial charge in [0.15, 0.2) is 0 Å². The van der Waals surface area contributed by atoms with Crippen molar-refractivity contribution in [2.75, 3.05) is 18.1 Å². The summed E-state index contributed by atoms with van der Waals surface area (Å²) in [6.45, 7) is 0.0731. The molecule has 0 saturated carbocycles. The number of nitrogens with one attached hydrogen (secondary N) is 1. The van der Waals surface area contributed by atoms with Gasteiger partial charge in [-0.15, -0.1) is 18.2 Å². The van der Waals surface area contributed by atoms with Gasteiger partial charge < -0.3 is 0 Å². The standard InChI is InChI=1S/C11H11ClFNO4S3/c1-2-6-19-7-5-14-21(17,18)11-4-3-9(8-10(11)13)20(12,15)16/h1,3-4,8,14H,5-7H2. The largest absolute Gasteiger partial charge is 0.261 e. The monoisotopic (exact) mass is 371 g/mol. The number of hydrogen-bond acceptors (Lipinski definition) is 5. The maximum atomic E-state index is 13.7. The molecule has 0 aliphatic rings. The molecular weight excluding hydrogens is 361 g/mol. The maximum absolute atomic E-state index is 13.7. The van der Waals surface area contributed by atoms with Crippen molar-refractivity contribution in [2.24, 2.45) is 0 Å². The summed E-state index contributed by atoms with van der Waals surface area (Å²) in [7, 11) is -3.14. The van der Waals surface area contributed by atoms with Crippen LogP contribution in [0.3, 0.4) is 0 Å². The predicted octanol–water partition coefficient (Wildman–Crippen LogP) is 1.40. The van der Waals surface area contributed by atoms with Gasteiger partial charge in [-0.25, -0.2) is 25.9 Å². The topological polar surface area (TPSA) is 80.3 Å². The lowest BCUT2D eigenvalue weighted by atomic mass is 10.3. The second kappa shape index (κ2) is 7.47. The number of halogens is 2. The summed E-state index contributed by atoms with van der Waals surface area (Å²) in [5, 5.41) is 0. The highest BCUT2D eigenvalue weighted by molar-refractivity contribution is 8.13. The Kier molecular flexibility index (Phi) is 6.49. The number of rotatable bonds is 7. The zero-order valence-electron chi connectivity index (χ0n) is 10.5. The van der Waals surface area contributed by atoms with Crippen molar-refractivity contribution in [2.45, 2.75) is 9.79 Å². The Morgan fingerprint density at radius 1 is 1.33 bits per heavy atom. The predicted molar refractivity (Wildman–Crippen MR) is 80.8 cm³/mol. The minimum atomic E-state index is -4.12. The maximum Gasteiger partial charge on any atom is 0.261 e. The van der Waals surface area contributed by atoms with Crippen molar-refractivity contribution in [1.29, 1.82) is 0 Å². The van der Waals surface area contributed by atoms with Gasteiger partial charge in [0.25, 0.3) is 9.05 Å². The summed E-state index contributed by atoms with van der Waals surface area (Å²) in [6.07, 6.45) is 5.04. The third kappa shape index (κ3) is 5.48. The molecule has 0 atom stereocenters. The molecule has 1 aromatic rings. The van der Waals surface area contributed by atoms with Gasteiger partial charge in [-0.05, 0) is 18.2 Å². The van der Waals surface area contributed by atoms with E-state index in [0.29, 0.717) is 17.6 Å². The van der Waals surface area contributed by atoms with E-state index in [2.05, 4.69) is 10.6 Å². The quantitative estimate of drug-likeness (QED) is 0.445. The van der Waals surface area contributed by atoms with E-state index in [1.165, 1.54) is 11.8 Å². The van der Waals surface area contributed by atoms with Gasteiger partial charge >= 0.3 is 0 Å². The Balaban J connectivity index is 2.87. The lowest BCUT2D eigenvalue weighted by molar-refractivity contribution is 0.555. The van der Waals surface area contributed by atoms with Crippen LogP contribution in [0.15, 0.2) is 28.0 Å². The normalized spacial score (nSPS) is 12.0. The van der Waals surface area contributed by atoms with E-state index in [4.69, 9.17) is 17.1 Å². The highest BCUT2D eigenvalue weighted by Gasteiger charge is 2.21. The number of thioether (sulfide) groups is 1. The van der Waals surface area contributed by atoms with Crippen molar-refractivity contribution < 1.29 is 21.2 Å². The van der Waals surface area contributed by atoms with Crippen LogP contribution >= 0.6 is 22.4 Å². The molecule has 1 rings (SSSR count). The molecule has 0 amide bonds. The molecule has 0 aromatic heterocycles. The molecule has 0 fully saturated rings. The third-order valence-electron chi connectivity index (χ3n) is 2.20. The first-order valence-corrected chi connectivity index (χ1v) is 10.4. The lowest BCUT2D eigenvalue weighted by Gasteiger charge is -2.08. The number of hydrogen-bond donors (Lipinski definition) is 1. The zero-order valence-corrected chi connectivity index (χ0v) is 13.7. The van der Waals surface area contributed by atoms with Crippen molar-refractivity contribution in [1.82, 2.24) is 4.72 Å². The van der Waals surface area contributed by atoms with E-state index in [0.717, 1.165) is 12.1 Å². The van der Waals surface area contributed by atoms with Crippen LogP contribution in [-0.4, -0.2) is 34.9 Å². The molecule has 10 heteroatoms. The van der Waals surface area contributed by atoms with E-state index in [1.54, 1.807) is 0 Å². The van der Waals surface area contributed by atoms with Gasteiger partial charge in [0.1, 0.15) is 10.7 Å². The number of terminal acetylenes is 1. The Labute approximate surface area is 131 Å². The summed E-state index contributed by atoms with van der Waals surface area (Å²) in [5.41, 5.74) is 0. The minimum absolute atomic E-state index is 0.0731. The minimum Gasteiger partial charge on any atom is -0.210 e. The summed E-state index contributed by atoms with van der Waals surface area (Å²) >= 11 is 1.35. The molecule has 5 nitrogen and oxygen atoms in total. The first-order valence-electron chi connectivity index (χ1n) is 5.43. The molecule has 116 valence electrons. The average molecular weight is 372 g/mol. The molecule has 21 heavy (non-hydrogen) atoms. The van der Waals surface area contributed by atoms with Crippen LogP contribution in [0.2, 0.25) is 0 Å². The molecule has 1 aromatic carbocycles. The fourth-order valence-corrected chi connectivity index (χ4v) is 3.80. The van der Waals surface area contributed by atoms with Crippen molar-refractivity contribution in [3.8, 4) is 12.3 Å². The van der Waals surface area contributed by atoms with Crippen molar-refractivity contribution >= 4 is 41.5 Å². The van der Waals surface area contributed by atoms with Gasteiger partial charge in [0.05, 0.1) is 10.6 Å². The van der Waals surface area contributed by atoms with E-state index >= 15 is 0 Å². The van der Waals surface area contributed by atoms with Gasteiger partial charge in [-0.1, -0.05) is 5.92 Å². The molecule has 0 spiro atoms. The number of benzene rings is 1. The second-order valence-corrected chi connectivity index (χ2v) is 9.09. The van der Waals surface area contributed by atoms with Crippen LogP contribution < -0.4 is 4.72 Å². The number of sulfonamides is 1. The van der Waals surface area contributed by atoms with E-state index in [1.807, 2.05) is 0 Å². The fourth-order valence-electron chi connectivity index (χ4n) is 1.31. The van der Waals surface area contributed by atoms with Crippen LogP contribution in [0.5, 0.6) is 0 Å². The molecule has 1 N–H and O–H groups in total. The van der Waals surface area contributed by atoms with Gasteiger partial charge in [0.2, 0.25) is 10.0 Å². The van der Waals surface area contributed by atoms with Crippen LogP contribution in [-0.2, 0) is 19.1 Å². The van der Waals surface area contributed by atoms with Crippen molar-refractivity contribution in [3.63, 3.8) is 0 Å². The van der Waals surface area contributed by atoms with Crippen LogP contribution in [0.1, 0.15) is 0 Å². The Bertz CT molecular complexity index is 756. The highest BCUT2D eigenvalue weighted by atomic mass is 35.7. The Hall–Kier alpha value is -0.790. The van der Waals surface area contributed by atoms with Gasteiger partial charge in [-0.3, -0.25) is 0 Å². The first kappa shape index (κ1) is 18.3. The molecule has 0 radical (unpaired) electrons.